The molecule has 98 valence electrons. The second-order valence-corrected chi connectivity index (χ2v) is 7.00. The fourth-order valence-electron chi connectivity index (χ4n) is 1.46. The van der Waals surface area contributed by atoms with Crippen molar-refractivity contribution in [2.75, 3.05) is 11.4 Å². The monoisotopic (exact) mass is 294 g/mol. The van der Waals surface area contributed by atoms with E-state index >= 15 is 0 Å². The van der Waals surface area contributed by atoms with E-state index in [1.807, 2.05) is 6.07 Å². The number of hydrogen-bond donors (Lipinski definition) is 1. The third-order valence-electron chi connectivity index (χ3n) is 2.52. The lowest BCUT2D eigenvalue weighted by Gasteiger charge is -2.18. The summed E-state index contributed by atoms with van der Waals surface area (Å²) in [5.74, 6) is 0.0671. The van der Waals surface area contributed by atoms with Gasteiger partial charge in [0.05, 0.1) is 5.69 Å². The second-order valence-electron chi connectivity index (χ2n) is 3.72. The topological polar surface area (TPSA) is 81.4 Å². The van der Waals surface area contributed by atoms with Gasteiger partial charge in [0.15, 0.2) is 0 Å². The maximum absolute atomic E-state index is 12.3. The molecule has 0 aliphatic carbocycles. The van der Waals surface area contributed by atoms with Crippen LogP contribution in [0.1, 0.15) is 4.88 Å². The lowest BCUT2D eigenvalue weighted by Crippen LogP contribution is -2.25. The molecular formula is C12H10N2O3S2. The highest BCUT2D eigenvalue weighted by Crippen LogP contribution is 2.28. The van der Waals surface area contributed by atoms with Crippen LogP contribution in [0, 0.1) is 11.3 Å². The molecule has 1 aromatic carbocycles. The van der Waals surface area contributed by atoms with E-state index in [0.717, 1.165) is 15.6 Å². The van der Waals surface area contributed by atoms with Crippen LogP contribution >= 0.6 is 11.3 Å². The SMILES string of the molecule is CN(c1ccc(O)cc1)S(=O)(=O)c1ccc(C#N)s1. The minimum absolute atomic E-state index is 0.0671. The van der Waals surface area contributed by atoms with Crippen LogP contribution in [0.5, 0.6) is 5.75 Å². The number of benzene rings is 1. The first-order valence-electron chi connectivity index (χ1n) is 5.23. The maximum atomic E-state index is 12.3. The van der Waals surface area contributed by atoms with Gasteiger partial charge in [0, 0.05) is 7.05 Å². The first kappa shape index (κ1) is 13.4. The predicted molar refractivity (Wildman–Crippen MR) is 72.7 cm³/mol. The summed E-state index contributed by atoms with van der Waals surface area (Å²) >= 11 is 0.926. The molecule has 0 spiro atoms. The third-order valence-corrected chi connectivity index (χ3v) is 5.76. The first-order valence-corrected chi connectivity index (χ1v) is 7.48. The minimum atomic E-state index is -3.68. The number of phenolic OH excluding ortho intramolecular Hbond substituents is 1. The van der Waals surface area contributed by atoms with E-state index < -0.39 is 10.0 Å². The quantitative estimate of drug-likeness (QED) is 0.940. The van der Waals surface area contributed by atoms with Crippen LogP contribution in [-0.4, -0.2) is 20.6 Å². The van der Waals surface area contributed by atoms with Gasteiger partial charge in [0.2, 0.25) is 0 Å². The molecule has 5 nitrogen and oxygen atoms in total. The van der Waals surface area contributed by atoms with Crippen LogP contribution in [0.3, 0.4) is 0 Å². The highest BCUT2D eigenvalue weighted by atomic mass is 32.2. The number of nitrogens with zero attached hydrogens (tertiary/aromatic N) is 2. The van der Waals surface area contributed by atoms with Gasteiger partial charge in [0.25, 0.3) is 10.0 Å². The summed E-state index contributed by atoms with van der Waals surface area (Å²) < 4.78 is 25.8. The van der Waals surface area contributed by atoms with Crippen LogP contribution in [-0.2, 0) is 10.0 Å². The zero-order valence-corrected chi connectivity index (χ0v) is 11.6. The Balaban J connectivity index is 2.39. The molecule has 0 aliphatic heterocycles. The van der Waals surface area contributed by atoms with Gasteiger partial charge in [-0.3, -0.25) is 4.31 Å². The van der Waals surface area contributed by atoms with Crippen molar-refractivity contribution in [3.05, 3.63) is 41.3 Å². The van der Waals surface area contributed by atoms with Gasteiger partial charge in [-0.2, -0.15) is 5.26 Å². The van der Waals surface area contributed by atoms with Gasteiger partial charge >= 0.3 is 0 Å². The van der Waals surface area contributed by atoms with E-state index in [2.05, 4.69) is 0 Å². The standard InChI is InChI=1S/C12H10N2O3S2/c1-14(9-2-4-10(15)5-3-9)19(16,17)12-7-6-11(8-13)18-12/h2-7,15H,1H3. The molecule has 1 N–H and O–H groups in total. The Bertz CT molecular complexity index is 727. The number of aromatic hydroxyl groups is 1. The van der Waals surface area contributed by atoms with Crippen LogP contribution in [0.4, 0.5) is 5.69 Å². The van der Waals surface area contributed by atoms with Crippen LogP contribution in [0.15, 0.2) is 40.6 Å². The van der Waals surface area contributed by atoms with Crippen molar-refractivity contribution in [2.45, 2.75) is 4.21 Å². The highest BCUT2D eigenvalue weighted by molar-refractivity contribution is 7.94. The van der Waals surface area contributed by atoms with Gasteiger partial charge in [-0.1, -0.05) is 0 Å². The van der Waals surface area contributed by atoms with Crippen molar-refractivity contribution in [3.8, 4) is 11.8 Å². The summed E-state index contributed by atoms with van der Waals surface area (Å²) in [7, 11) is -2.25. The van der Waals surface area contributed by atoms with Crippen molar-refractivity contribution in [1.82, 2.24) is 0 Å². The number of nitriles is 1. The van der Waals surface area contributed by atoms with Crippen molar-refractivity contribution >= 4 is 27.0 Å². The predicted octanol–water partition coefficient (Wildman–Crippen LogP) is 2.15. The second kappa shape index (κ2) is 4.91. The first-order chi connectivity index (χ1) is 8.95. The molecule has 0 aliphatic rings. The molecule has 19 heavy (non-hydrogen) atoms. The number of thiophene rings is 1. The average molecular weight is 294 g/mol. The zero-order chi connectivity index (χ0) is 14.0. The number of anilines is 1. The number of sulfonamides is 1. The van der Waals surface area contributed by atoms with Gasteiger partial charge < -0.3 is 5.11 Å². The molecule has 1 heterocycles. The molecule has 0 amide bonds. The Morgan fingerprint density at radius 3 is 2.37 bits per heavy atom. The van der Waals surface area contributed by atoms with E-state index in [0.29, 0.717) is 10.6 Å². The maximum Gasteiger partial charge on any atom is 0.273 e. The Labute approximate surface area is 115 Å². The molecule has 2 aromatic rings. The Kier molecular flexibility index (Phi) is 3.46. The Morgan fingerprint density at radius 2 is 1.84 bits per heavy atom. The minimum Gasteiger partial charge on any atom is -0.508 e. The van der Waals surface area contributed by atoms with E-state index in [1.54, 1.807) is 0 Å². The molecule has 0 atom stereocenters. The van der Waals surface area contributed by atoms with E-state index in [-0.39, 0.29) is 9.96 Å². The van der Waals surface area contributed by atoms with Crippen LogP contribution in [0.2, 0.25) is 0 Å². The Hall–Kier alpha value is -2.04. The van der Waals surface area contributed by atoms with Crippen molar-refractivity contribution < 1.29 is 13.5 Å². The Morgan fingerprint density at radius 1 is 1.21 bits per heavy atom. The summed E-state index contributed by atoms with van der Waals surface area (Å²) in [6.07, 6.45) is 0. The van der Waals surface area contributed by atoms with Gasteiger partial charge in [-0.05, 0) is 36.4 Å². The fraction of sp³-hybridized carbons (Fsp3) is 0.0833. The summed E-state index contributed by atoms with van der Waals surface area (Å²) in [5, 5.41) is 17.9. The fourth-order valence-corrected chi connectivity index (χ4v) is 3.92. The largest absolute Gasteiger partial charge is 0.508 e. The number of phenols is 1. The average Bonchev–Trinajstić information content (AvgIpc) is 2.88. The van der Waals surface area contributed by atoms with Crippen molar-refractivity contribution in [3.63, 3.8) is 0 Å². The summed E-state index contributed by atoms with van der Waals surface area (Å²) in [6.45, 7) is 0. The molecule has 2 rings (SSSR count). The summed E-state index contributed by atoms with van der Waals surface area (Å²) in [4.78, 5) is 0.345. The number of rotatable bonds is 3. The normalized spacial score (nSPS) is 10.9. The van der Waals surface area contributed by atoms with Gasteiger partial charge in [-0.15, -0.1) is 11.3 Å². The molecule has 0 radical (unpaired) electrons. The summed E-state index contributed by atoms with van der Waals surface area (Å²) in [6, 6.07) is 10.6. The lowest BCUT2D eigenvalue weighted by atomic mass is 10.3. The molecule has 1 aromatic heterocycles. The molecule has 0 saturated carbocycles. The smallest absolute Gasteiger partial charge is 0.273 e. The molecule has 0 fully saturated rings. The molecule has 0 saturated heterocycles. The third kappa shape index (κ3) is 2.54. The molecule has 0 bridgehead atoms. The van der Waals surface area contributed by atoms with Crippen LogP contribution < -0.4 is 4.31 Å². The molecule has 0 unspecified atom stereocenters. The van der Waals surface area contributed by atoms with Gasteiger partial charge in [0.1, 0.15) is 20.9 Å². The lowest BCUT2D eigenvalue weighted by molar-refractivity contribution is 0.475. The highest BCUT2D eigenvalue weighted by Gasteiger charge is 2.23. The van der Waals surface area contributed by atoms with E-state index in [1.165, 1.54) is 43.4 Å². The molecule has 7 heteroatoms. The van der Waals surface area contributed by atoms with Crippen LogP contribution in [0.25, 0.3) is 0 Å². The summed E-state index contributed by atoms with van der Waals surface area (Å²) in [5.41, 5.74) is 0.435. The van der Waals surface area contributed by atoms with Crippen molar-refractivity contribution in [1.29, 1.82) is 5.26 Å². The molecular weight excluding hydrogens is 284 g/mol. The zero-order valence-electron chi connectivity index (χ0n) is 9.94. The van der Waals surface area contributed by atoms with Crippen molar-refractivity contribution in [2.24, 2.45) is 0 Å². The number of hydrogen-bond acceptors (Lipinski definition) is 5. The van der Waals surface area contributed by atoms with Gasteiger partial charge in [-0.25, -0.2) is 8.42 Å². The van der Waals surface area contributed by atoms with E-state index in [9.17, 15) is 13.5 Å². The van der Waals surface area contributed by atoms with E-state index in [4.69, 9.17) is 5.26 Å².